The molecule has 0 unspecified atom stereocenters. The molecule has 0 radical (unpaired) electrons. The van der Waals surface area contributed by atoms with Gasteiger partial charge in [-0.2, -0.15) is 0 Å². The van der Waals surface area contributed by atoms with Gasteiger partial charge in [-0.3, -0.25) is 9.59 Å². The van der Waals surface area contributed by atoms with Crippen LogP contribution in [0.5, 0.6) is 5.75 Å². The molecule has 190 valence electrons. The Morgan fingerprint density at radius 1 is 1.00 bits per heavy atom. The van der Waals surface area contributed by atoms with Gasteiger partial charge in [0.2, 0.25) is 0 Å². The van der Waals surface area contributed by atoms with Crippen molar-refractivity contribution < 1.29 is 14.3 Å². The lowest BCUT2D eigenvalue weighted by molar-refractivity contribution is 0.0922. The minimum absolute atomic E-state index is 0.00871. The molecule has 4 aliphatic heterocycles. The van der Waals surface area contributed by atoms with Crippen molar-refractivity contribution in [3.63, 3.8) is 0 Å². The molecule has 8 nitrogen and oxygen atoms in total. The molecule has 2 amide bonds. The van der Waals surface area contributed by atoms with Crippen molar-refractivity contribution in [2.75, 3.05) is 31.6 Å². The fourth-order valence-corrected chi connectivity index (χ4v) is 6.58. The highest BCUT2D eigenvalue weighted by Gasteiger charge is 2.42. The van der Waals surface area contributed by atoms with Gasteiger partial charge in [-0.05, 0) is 76.4 Å². The molecule has 0 aliphatic carbocycles. The van der Waals surface area contributed by atoms with Crippen LogP contribution in [0.3, 0.4) is 0 Å². The van der Waals surface area contributed by atoms with Crippen LogP contribution in [0.2, 0.25) is 0 Å². The zero-order chi connectivity index (χ0) is 24.8. The summed E-state index contributed by atoms with van der Waals surface area (Å²) in [5.41, 5.74) is 3.45. The van der Waals surface area contributed by atoms with E-state index in [4.69, 9.17) is 4.74 Å². The molecule has 5 heterocycles. The Labute approximate surface area is 212 Å². The summed E-state index contributed by atoms with van der Waals surface area (Å²) in [5.74, 6) is 1.75. The summed E-state index contributed by atoms with van der Waals surface area (Å²) in [5, 5.41) is 6.43. The van der Waals surface area contributed by atoms with Crippen molar-refractivity contribution in [2.24, 2.45) is 0 Å². The maximum absolute atomic E-state index is 13.1. The Balaban J connectivity index is 1.08. The number of nitrogens with zero attached hydrogens (tertiary/aromatic N) is 3. The second-order valence-electron chi connectivity index (χ2n) is 10.9. The van der Waals surface area contributed by atoms with Crippen LogP contribution < -0.4 is 20.3 Å². The number of carbonyl (C=O) groups excluding carboxylic acids is 2. The van der Waals surface area contributed by atoms with Gasteiger partial charge in [-0.25, -0.2) is 4.98 Å². The Morgan fingerprint density at radius 2 is 1.78 bits per heavy atom. The molecule has 6 rings (SSSR count). The first-order valence-corrected chi connectivity index (χ1v) is 13.3. The molecule has 2 aromatic rings. The number of amides is 2. The van der Waals surface area contributed by atoms with Crippen LogP contribution in [0, 0.1) is 6.92 Å². The Kier molecular flexibility index (Phi) is 6.07. The minimum Gasteiger partial charge on any atom is -0.493 e. The minimum atomic E-state index is -0.0500. The monoisotopic (exact) mass is 489 g/mol. The van der Waals surface area contributed by atoms with Gasteiger partial charge in [-0.1, -0.05) is 6.07 Å². The van der Waals surface area contributed by atoms with E-state index in [-0.39, 0.29) is 23.9 Å². The molecule has 4 atom stereocenters. The van der Waals surface area contributed by atoms with Crippen molar-refractivity contribution >= 4 is 17.6 Å². The topological polar surface area (TPSA) is 86.8 Å². The van der Waals surface area contributed by atoms with Crippen LogP contribution in [-0.4, -0.2) is 72.6 Å². The summed E-state index contributed by atoms with van der Waals surface area (Å²) in [4.78, 5) is 35.1. The quantitative estimate of drug-likeness (QED) is 0.672. The van der Waals surface area contributed by atoms with Crippen LogP contribution in [0.1, 0.15) is 63.9 Å². The van der Waals surface area contributed by atoms with E-state index < -0.39 is 0 Å². The fraction of sp³-hybridized carbons (Fsp3) is 0.536. The predicted molar refractivity (Wildman–Crippen MR) is 138 cm³/mol. The lowest BCUT2D eigenvalue weighted by Crippen LogP contribution is -2.50. The first kappa shape index (κ1) is 23.3. The molecule has 1 aromatic heterocycles. The van der Waals surface area contributed by atoms with Crippen LogP contribution in [0.4, 0.5) is 5.82 Å². The average molecular weight is 490 g/mol. The summed E-state index contributed by atoms with van der Waals surface area (Å²) < 4.78 is 5.76. The van der Waals surface area contributed by atoms with Crippen molar-refractivity contribution in [1.82, 2.24) is 20.5 Å². The molecule has 8 heteroatoms. The number of likely N-dealkylation sites (tertiary alicyclic amines) is 1. The summed E-state index contributed by atoms with van der Waals surface area (Å²) in [6.07, 6.45) is 7.61. The van der Waals surface area contributed by atoms with Gasteiger partial charge in [0.1, 0.15) is 11.6 Å². The number of anilines is 1. The number of hydrogen-bond acceptors (Lipinski definition) is 6. The fourth-order valence-electron chi connectivity index (χ4n) is 6.58. The van der Waals surface area contributed by atoms with Crippen LogP contribution in [-0.2, 0) is 6.42 Å². The lowest BCUT2D eigenvalue weighted by Gasteiger charge is -2.40. The second kappa shape index (κ2) is 9.39. The summed E-state index contributed by atoms with van der Waals surface area (Å²) >= 11 is 0. The number of aromatic nitrogens is 1. The maximum Gasteiger partial charge on any atom is 0.253 e. The number of benzene rings is 1. The number of pyridine rings is 1. The van der Waals surface area contributed by atoms with Crippen LogP contribution in [0.25, 0.3) is 0 Å². The average Bonchev–Trinajstić information content (AvgIpc) is 3.57. The Bertz CT molecular complexity index is 1150. The number of fused-ring (bicyclic) bond motifs is 3. The van der Waals surface area contributed by atoms with Gasteiger partial charge < -0.3 is 25.2 Å². The number of carbonyl (C=O) groups is 2. The van der Waals surface area contributed by atoms with E-state index in [1.165, 1.54) is 5.56 Å². The Hall–Kier alpha value is -3.13. The van der Waals surface area contributed by atoms with E-state index in [1.54, 1.807) is 6.20 Å². The summed E-state index contributed by atoms with van der Waals surface area (Å²) in [7, 11) is 2.08. The van der Waals surface area contributed by atoms with Gasteiger partial charge in [-0.15, -0.1) is 0 Å². The zero-order valence-corrected chi connectivity index (χ0v) is 21.1. The molecule has 0 saturated carbocycles. The molecule has 1 aromatic carbocycles. The first-order chi connectivity index (χ1) is 17.5. The van der Waals surface area contributed by atoms with Gasteiger partial charge >= 0.3 is 0 Å². The molecular formula is C28H35N5O3. The maximum atomic E-state index is 13.1. The molecule has 4 aliphatic rings. The molecular weight excluding hydrogens is 454 g/mol. The van der Waals surface area contributed by atoms with Gasteiger partial charge in [0.15, 0.2) is 0 Å². The van der Waals surface area contributed by atoms with Gasteiger partial charge in [0.05, 0.1) is 12.2 Å². The first-order valence-electron chi connectivity index (χ1n) is 13.3. The molecule has 2 N–H and O–H groups in total. The third-order valence-corrected chi connectivity index (χ3v) is 8.42. The van der Waals surface area contributed by atoms with Gasteiger partial charge in [0, 0.05) is 54.5 Å². The van der Waals surface area contributed by atoms with Crippen LogP contribution >= 0.6 is 0 Å². The summed E-state index contributed by atoms with van der Waals surface area (Å²) in [6.45, 7) is 4.59. The molecule has 2 bridgehead atoms. The highest BCUT2D eigenvalue weighted by atomic mass is 16.5. The number of hydrogen-bond donors (Lipinski definition) is 2. The number of piperidine rings is 1. The molecule has 3 fully saturated rings. The number of rotatable bonds is 5. The van der Waals surface area contributed by atoms with E-state index in [0.29, 0.717) is 29.8 Å². The SMILES string of the molecule is Cc1c(C(=O)N[C@H]2C[C@H]3CC[C@@H](C2)N3c2ccc(C(=O)N[C@@H]3CCN(C)C3)cn2)ccc2c1OCC2. The highest BCUT2D eigenvalue weighted by molar-refractivity contribution is 5.97. The second-order valence-corrected chi connectivity index (χ2v) is 10.9. The number of nitrogens with one attached hydrogen (secondary N) is 2. The van der Waals surface area contributed by atoms with Crippen molar-refractivity contribution in [3.8, 4) is 5.75 Å². The van der Waals surface area contributed by atoms with E-state index in [9.17, 15) is 9.59 Å². The van der Waals surface area contributed by atoms with Crippen molar-refractivity contribution in [1.29, 1.82) is 0 Å². The zero-order valence-electron chi connectivity index (χ0n) is 21.1. The standard InChI is InChI=1S/C28H35N5O3/c1-17-24(7-3-18-10-12-36-26(17)18)28(35)31-21-13-22-5-6-23(14-21)33(22)25-8-4-19(15-29-25)27(34)30-20-9-11-32(2)16-20/h3-4,7-8,15,20-23H,5-6,9-14,16H2,1-2H3,(H,30,34)(H,31,35)/t20-,21-,22+,23-/m1/s1. The van der Waals surface area contributed by atoms with E-state index in [1.807, 2.05) is 31.2 Å². The number of ether oxygens (including phenoxy) is 1. The smallest absolute Gasteiger partial charge is 0.253 e. The van der Waals surface area contributed by atoms with Gasteiger partial charge in [0.25, 0.3) is 11.8 Å². The Morgan fingerprint density at radius 3 is 2.47 bits per heavy atom. The van der Waals surface area contributed by atoms with Crippen molar-refractivity contribution in [2.45, 2.75) is 69.6 Å². The van der Waals surface area contributed by atoms with E-state index in [2.05, 4.69) is 32.5 Å². The van der Waals surface area contributed by atoms with Crippen LogP contribution in [0.15, 0.2) is 30.5 Å². The predicted octanol–water partition coefficient (Wildman–Crippen LogP) is 2.69. The largest absolute Gasteiger partial charge is 0.493 e. The molecule has 36 heavy (non-hydrogen) atoms. The third-order valence-electron chi connectivity index (χ3n) is 8.42. The third kappa shape index (κ3) is 4.32. The van der Waals surface area contributed by atoms with Crippen molar-refractivity contribution in [3.05, 3.63) is 52.7 Å². The summed E-state index contributed by atoms with van der Waals surface area (Å²) in [6, 6.07) is 8.89. The molecule has 3 saturated heterocycles. The molecule has 0 spiro atoms. The normalized spacial score (nSPS) is 27.0. The van der Waals surface area contributed by atoms with E-state index >= 15 is 0 Å². The highest BCUT2D eigenvalue weighted by Crippen LogP contribution is 2.39. The lowest BCUT2D eigenvalue weighted by atomic mass is 9.96. The van der Waals surface area contributed by atoms with E-state index in [0.717, 1.165) is 68.7 Å². The number of likely N-dealkylation sites (N-methyl/N-ethyl adjacent to an activating group) is 1.